The van der Waals surface area contributed by atoms with Gasteiger partial charge in [0, 0.05) is 5.69 Å². The molecule has 0 atom stereocenters. The van der Waals surface area contributed by atoms with Gasteiger partial charge in [-0.3, -0.25) is 4.79 Å². The number of tetrazole rings is 1. The van der Waals surface area contributed by atoms with E-state index < -0.39 is 11.7 Å². The molecule has 0 radical (unpaired) electrons. The molecular weight excluding hydrogens is 349 g/mol. The molecule has 0 aliphatic heterocycles. The van der Waals surface area contributed by atoms with Crippen LogP contribution in [0.5, 0.6) is 0 Å². The van der Waals surface area contributed by atoms with Crippen molar-refractivity contribution < 1.29 is 13.6 Å². The number of hydrogen-bond acceptors (Lipinski definition) is 5. The van der Waals surface area contributed by atoms with E-state index in [9.17, 15) is 9.18 Å². The van der Waals surface area contributed by atoms with Crippen LogP contribution >= 0.6 is 0 Å². The van der Waals surface area contributed by atoms with Crippen LogP contribution in [0.1, 0.15) is 16.1 Å². The van der Waals surface area contributed by atoms with E-state index in [0.29, 0.717) is 17.0 Å². The molecule has 0 saturated heterocycles. The fourth-order valence-electron chi connectivity index (χ4n) is 2.72. The Morgan fingerprint density at radius 3 is 2.74 bits per heavy atom. The van der Waals surface area contributed by atoms with Gasteiger partial charge < -0.3 is 9.73 Å². The van der Waals surface area contributed by atoms with Crippen LogP contribution in [-0.4, -0.2) is 26.1 Å². The fourth-order valence-corrected chi connectivity index (χ4v) is 2.72. The maximum absolute atomic E-state index is 13.9. The van der Waals surface area contributed by atoms with E-state index in [2.05, 4.69) is 20.8 Å². The number of aromatic nitrogens is 4. The van der Waals surface area contributed by atoms with Gasteiger partial charge in [0.2, 0.25) is 0 Å². The molecule has 2 aromatic heterocycles. The van der Waals surface area contributed by atoms with Crippen molar-refractivity contribution >= 4 is 11.6 Å². The topological polar surface area (TPSA) is 85.8 Å². The second-order valence-electron chi connectivity index (χ2n) is 5.85. The minimum Gasteiger partial charge on any atom is -0.451 e. The van der Waals surface area contributed by atoms with E-state index in [1.54, 1.807) is 42.5 Å². The first-order valence-electron chi connectivity index (χ1n) is 8.12. The summed E-state index contributed by atoms with van der Waals surface area (Å²) >= 11 is 0. The zero-order chi connectivity index (χ0) is 18.8. The molecule has 1 amide bonds. The predicted octanol–water partition coefficient (Wildman–Crippen LogP) is 3.62. The molecule has 0 aliphatic rings. The molecule has 0 fully saturated rings. The summed E-state index contributed by atoms with van der Waals surface area (Å²) in [7, 11) is 0. The molecule has 134 valence electrons. The highest BCUT2D eigenvalue weighted by Crippen LogP contribution is 2.25. The average Bonchev–Trinajstić information content (AvgIpc) is 3.34. The Bertz CT molecular complexity index is 1110. The molecular formula is C19H14FN5O2. The van der Waals surface area contributed by atoms with Crippen molar-refractivity contribution in [3.63, 3.8) is 0 Å². The summed E-state index contributed by atoms with van der Waals surface area (Å²) in [6, 6.07) is 14.7. The number of benzene rings is 2. The van der Waals surface area contributed by atoms with Crippen LogP contribution in [0, 0.1) is 12.7 Å². The second-order valence-corrected chi connectivity index (χ2v) is 5.85. The van der Waals surface area contributed by atoms with Gasteiger partial charge in [0.25, 0.3) is 5.91 Å². The van der Waals surface area contributed by atoms with Crippen LogP contribution in [0.25, 0.3) is 17.0 Å². The fraction of sp³-hybridized carbons (Fsp3) is 0.0526. The zero-order valence-corrected chi connectivity index (χ0v) is 14.3. The molecule has 7 nitrogen and oxygen atoms in total. The van der Waals surface area contributed by atoms with Crippen LogP contribution in [0.2, 0.25) is 0 Å². The van der Waals surface area contributed by atoms with Gasteiger partial charge in [-0.1, -0.05) is 12.1 Å². The van der Waals surface area contributed by atoms with Gasteiger partial charge in [-0.05, 0) is 65.4 Å². The van der Waals surface area contributed by atoms with Gasteiger partial charge in [0.05, 0.1) is 11.3 Å². The van der Waals surface area contributed by atoms with Crippen molar-refractivity contribution in [3.05, 3.63) is 78.1 Å². The molecule has 4 rings (SSSR count). The molecule has 4 aromatic rings. The number of aryl methyl sites for hydroxylation is 1. The summed E-state index contributed by atoms with van der Waals surface area (Å²) in [6.45, 7) is 1.88. The Morgan fingerprint density at radius 2 is 2.00 bits per heavy atom. The van der Waals surface area contributed by atoms with E-state index in [4.69, 9.17) is 4.42 Å². The Balaban J connectivity index is 1.53. The smallest absolute Gasteiger partial charge is 0.291 e. The second kappa shape index (κ2) is 6.83. The average molecular weight is 363 g/mol. The van der Waals surface area contributed by atoms with Gasteiger partial charge in [0.15, 0.2) is 5.76 Å². The number of carbonyl (C=O) groups is 1. The summed E-state index contributed by atoms with van der Waals surface area (Å²) in [5.74, 6) is -0.446. The number of nitrogens with zero attached hydrogens (tertiary/aromatic N) is 4. The number of amides is 1. The van der Waals surface area contributed by atoms with Crippen molar-refractivity contribution in [1.29, 1.82) is 0 Å². The Morgan fingerprint density at radius 1 is 1.15 bits per heavy atom. The summed E-state index contributed by atoms with van der Waals surface area (Å²) < 4.78 is 20.9. The van der Waals surface area contributed by atoms with Gasteiger partial charge in [0.1, 0.15) is 17.9 Å². The lowest BCUT2D eigenvalue weighted by atomic mass is 10.1. The van der Waals surface area contributed by atoms with E-state index in [1.165, 1.54) is 23.1 Å². The molecule has 0 aliphatic carbocycles. The minimum absolute atomic E-state index is 0.0930. The van der Waals surface area contributed by atoms with Crippen molar-refractivity contribution in [1.82, 2.24) is 20.2 Å². The Hall–Kier alpha value is -3.81. The maximum Gasteiger partial charge on any atom is 0.291 e. The number of carbonyl (C=O) groups excluding carboxylic acids is 1. The number of nitrogens with one attached hydrogen (secondary N) is 1. The lowest BCUT2D eigenvalue weighted by molar-refractivity contribution is 0.0997. The van der Waals surface area contributed by atoms with Crippen molar-refractivity contribution in [2.24, 2.45) is 0 Å². The Kier molecular flexibility index (Phi) is 4.21. The zero-order valence-electron chi connectivity index (χ0n) is 14.3. The summed E-state index contributed by atoms with van der Waals surface area (Å²) in [4.78, 5) is 12.4. The predicted molar refractivity (Wildman–Crippen MR) is 95.9 cm³/mol. The van der Waals surface area contributed by atoms with Crippen molar-refractivity contribution in [2.75, 3.05) is 5.32 Å². The first kappa shape index (κ1) is 16.6. The third-order valence-corrected chi connectivity index (χ3v) is 4.02. The van der Waals surface area contributed by atoms with Gasteiger partial charge in [-0.15, -0.1) is 5.10 Å². The third-order valence-electron chi connectivity index (χ3n) is 4.02. The number of furan rings is 1. The molecule has 0 spiro atoms. The highest BCUT2D eigenvalue weighted by atomic mass is 19.1. The lowest BCUT2D eigenvalue weighted by Gasteiger charge is -2.08. The summed E-state index contributed by atoms with van der Waals surface area (Å²) in [5.41, 5.74) is 2.58. The molecule has 8 heteroatoms. The highest BCUT2D eigenvalue weighted by Gasteiger charge is 2.15. The van der Waals surface area contributed by atoms with Gasteiger partial charge in [-0.25, -0.2) is 9.07 Å². The molecule has 0 bridgehead atoms. The van der Waals surface area contributed by atoms with Crippen LogP contribution in [0.4, 0.5) is 10.1 Å². The maximum atomic E-state index is 13.9. The van der Waals surface area contributed by atoms with E-state index in [-0.39, 0.29) is 5.76 Å². The van der Waals surface area contributed by atoms with Crippen LogP contribution in [0.3, 0.4) is 0 Å². The van der Waals surface area contributed by atoms with Crippen molar-refractivity contribution in [3.8, 4) is 17.0 Å². The molecule has 0 saturated carbocycles. The quantitative estimate of drug-likeness (QED) is 0.598. The standard InChI is InChI=1S/C19H14FN5O2/c1-12-10-13(6-7-16(12)25-11-21-23-24-25)22-19(26)18-9-8-17(27-18)14-4-2-3-5-15(14)20/h2-11H,1H3,(H,22,26). The third kappa shape index (κ3) is 3.32. The lowest BCUT2D eigenvalue weighted by Crippen LogP contribution is -2.11. The molecule has 2 aromatic carbocycles. The molecule has 1 N–H and O–H groups in total. The molecule has 2 heterocycles. The van der Waals surface area contributed by atoms with Crippen LogP contribution in [-0.2, 0) is 0 Å². The molecule has 27 heavy (non-hydrogen) atoms. The number of anilines is 1. The van der Waals surface area contributed by atoms with E-state index in [0.717, 1.165) is 11.3 Å². The summed E-state index contributed by atoms with van der Waals surface area (Å²) in [6.07, 6.45) is 1.49. The van der Waals surface area contributed by atoms with E-state index >= 15 is 0 Å². The first-order chi connectivity index (χ1) is 13.1. The number of hydrogen-bond donors (Lipinski definition) is 1. The first-order valence-corrected chi connectivity index (χ1v) is 8.12. The number of rotatable bonds is 4. The van der Waals surface area contributed by atoms with Gasteiger partial charge in [-0.2, -0.15) is 0 Å². The number of halogens is 1. The van der Waals surface area contributed by atoms with Crippen molar-refractivity contribution in [2.45, 2.75) is 6.92 Å². The Labute approximate surface area is 153 Å². The highest BCUT2D eigenvalue weighted by molar-refractivity contribution is 6.02. The van der Waals surface area contributed by atoms with Gasteiger partial charge >= 0.3 is 0 Å². The monoisotopic (exact) mass is 363 g/mol. The van der Waals surface area contributed by atoms with Crippen LogP contribution in [0.15, 0.2) is 65.3 Å². The minimum atomic E-state index is -0.424. The largest absolute Gasteiger partial charge is 0.451 e. The SMILES string of the molecule is Cc1cc(NC(=O)c2ccc(-c3ccccc3F)o2)ccc1-n1cnnn1. The van der Waals surface area contributed by atoms with Crippen LogP contribution < -0.4 is 5.32 Å². The molecule has 0 unspecified atom stereocenters. The normalized spacial score (nSPS) is 10.7. The summed E-state index contributed by atoms with van der Waals surface area (Å²) in [5, 5.41) is 13.8. The van der Waals surface area contributed by atoms with E-state index in [1.807, 2.05) is 6.92 Å².